The highest BCUT2D eigenvalue weighted by Crippen LogP contribution is 2.33. The molecule has 1 aliphatic rings. The van der Waals surface area contributed by atoms with Gasteiger partial charge in [0.05, 0.1) is 22.9 Å². The predicted octanol–water partition coefficient (Wildman–Crippen LogP) is 4.16. The molecule has 172 valence electrons. The highest BCUT2D eigenvalue weighted by atomic mass is 32.2. The third-order valence-corrected chi connectivity index (χ3v) is 7.21. The highest BCUT2D eigenvalue weighted by Gasteiger charge is 2.30. The second-order valence-corrected chi connectivity index (χ2v) is 9.51. The van der Waals surface area contributed by atoms with Crippen LogP contribution in [0.2, 0.25) is 0 Å². The van der Waals surface area contributed by atoms with Crippen LogP contribution in [0, 0.1) is 6.92 Å². The summed E-state index contributed by atoms with van der Waals surface area (Å²) in [5.41, 5.74) is 2.94. The number of para-hydroxylation sites is 3. The Hall–Kier alpha value is -3.52. The van der Waals surface area contributed by atoms with Gasteiger partial charge in [0, 0.05) is 6.54 Å². The van der Waals surface area contributed by atoms with E-state index in [9.17, 15) is 13.2 Å². The van der Waals surface area contributed by atoms with Gasteiger partial charge in [-0.3, -0.25) is 9.10 Å². The molecule has 0 fully saturated rings. The fourth-order valence-corrected chi connectivity index (χ4v) is 5.40. The summed E-state index contributed by atoms with van der Waals surface area (Å²) in [5, 5.41) is 2.78. The van der Waals surface area contributed by atoms with Crippen LogP contribution in [0.15, 0.2) is 71.6 Å². The van der Waals surface area contributed by atoms with Crippen molar-refractivity contribution in [1.29, 1.82) is 0 Å². The fourth-order valence-electron chi connectivity index (χ4n) is 3.81. The van der Waals surface area contributed by atoms with Crippen molar-refractivity contribution >= 4 is 27.3 Å². The van der Waals surface area contributed by atoms with Crippen LogP contribution in [0.1, 0.15) is 18.1 Å². The van der Waals surface area contributed by atoms with Gasteiger partial charge in [0.25, 0.3) is 15.9 Å². The molecule has 0 bridgehead atoms. The third kappa shape index (κ3) is 4.80. The van der Waals surface area contributed by atoms with Crippen molar-refractivity contribution in [2.24, 2.45) is 0 Å². The first-order chi connectivity index (χ1) is 15.9. The van der Waals surface area contributed by atoms with E-state index in [0.29, 0.717) is 42.3 Å². The van der Waals surface area contributed by atoms with Crippen molar-refractivity contribution in [3.63, 3.8) is 0 Å². The molecule has 0 saturated carbocycles. The number of fused-ring (bicyclic) bond motifs is 1. The lowest BCUT2D eigenvalue weighted by Gasteiger charge is -2.20. The van der Waals surface area contributed by atoms with Gasteiger partial charge in [-0.2, -0.15) is 0 Å². The van der Waals surface area contributed by atoms with Gasteiger partial charge in [0.1, 0.15) is 11.5 Å². The molecule has 1 N–H and O–H groups in total. The summed E-state index contributed by atoms with van der Waals surface area (Å²) in [6, 6.07) is 19.4. The number of anilines is 2. The summed E-state index contributed by atoms with van der Waals surface area (Å²) >= 11 is 0. The Morgan fingerprint density at radius 2 is 1.76 bits per heavy atom. The maximum atomic E-state index is 13.2. The Morgan fingerprint density at radius 3 is 2.55 bits per heavy atom. The van der Waals surface area contributed by atoms with Crippen molar-refractivity contribution in [2.75, 3.05) is 29.4 Å². The molecule has 0 aromatic heterocycles. The van der Waals surface area contributed by atoms with E-state index in [1.165, 1.54) is 10.4 Å². The smallest absolute Gasteiger partial charge is 0.264 e. The van der Waals surface area contributed by atoms with E-state index in [0.717, 1.165) is 11.3 Å². The number of nitrogens with zero attached hydrogens (tertiary/aromatic N) is 1. The number of aryl methyl sites for hydroxylation is 1. The minimum Gasteiger partial charge on any atom is -0.492 e. The van der Waals surface area contributed by atoms with Crippen molar-refractivity contribution in [2.45, 2.75) is 25.2 Å². The monoisotopic (exact) mass is 466 g/mol. The zero-order chi connectivity index (χ0) is 23.4. The predicted molar refractivity (Wildman–Crippen MR) is 128 cm³/mol. The fraction of sp³-hybridized carbons (Fsp3) is 0.240. The third-order valence-electron chi connectivity index (χ3n) is 5.40. The summed E-state index contributed by atoms with van der Waals surface area (Å²) in [6.45, 7) is 4.32. The Kier molecular flexibility index (Phi) is 6.55. The molecule has 8 heteroatoms. The molecule has 1 heterocycles. The molecule has 0 spiro atoms. The standard InChI is InChI=1S/C25H26N2O5S/c1-3-31-24-11-7-5-9-21(24)26-25(28)17-32-23-13-12-20(16-18(23)2)33(29,30)27-15-14-19-8-4-6-10-22(19)27/h4-13,16H,3,14-15,17H2,1-2H3,(H,26,28). The van der Waals surface area contributed by atoms with Gasteiger partial charge in [0.15, 0.2) is 6.61 Å². The van der Waals surface area contributed by atoms with E-state index >= 15 is 0 Å². The maximum absolute atomic E-state index is 13.2. The second-order valence-electron chi connectivity index (χ2n) is 7.65. The van der Waals surface area contributed by atoms with Crippen LogP contribution in [-0.2, 0) is 21.2 Å². The Morgan fingerprint density at radius 1 is 1.00 bits per heavy atom. The number of hydrogen-bond donors (Lipinski definition) is 1. The van der Waals surface area contributed by atoms with E-state index in [-0.39, 0.29) is 17.4 Å². The normalized spacial score (nSPS) is 12.8. The van der Waals surface area contributed by atoms with Crippen molar-refractivity contribution in [1.82, 2.24) is 0 Å². The quantitative estimate of drug-likeness (QED) is 0.539. The van der Waals surface area contributed by atoms with Crippen LogP contribution in [0.4, 0.5) is 11.4 Å². The van der Waals surface area contributed by atoms with E-state index in [1.54, 1.807) is 37.3 Å². The van der Waals surface area contributed by atoms with E-state index < -0.39 is 10.0 Å². The molecule has 0 atom stereocenters. The number of carbonyl (C=O) groups excluding carboxylic acids is 1. The minimum absolute atomic E-state index is 0.194. The number of nitrogens with one attached hydrogen (secondary N) is 1. The number of sulfonamides is 1. The van der Waals surface area contributed by atoms with E-state index in [4.69, 9.17) is 9.47 Å². The lowest BCUT2D eigenvalue weighted by Crippen LogP contribution is -2.29. The average Bonchev–Trinajstić information content (AvgIpc) is 3.25. The number of hydrogen-bond acceptors (Lipinski definition) is 5. The van der Waals surface area contributed by atoms with Crippen molar-refractivity contribution in [3.8, 4) is 11.5 Å². The van der Waals surface area contributed by atoms with Crippen LogP contribution in [0.25, 0.3) is 0 Å². The summed E-state index contributed by atoms with van der Waals surface area (Å²) in [4.78, 5) is 12.6. The van der Waals surface area contributed by atoms with E-state index in [1.807, 2.05) is 37.3 Å². The molecule has 3 aromatic rings. The Balaban J connectivity index is 1.44. The van der Waals surface area contributed by atoms with Gasteiger partial charge in [0.2, 0.25) is 0 Å². The number of amides is 1. The molecular formula is C25H26N2O5S. The Bertz CT molecular complexity index is 1270. The summed E-state index contributed by atoms with van der Waals surface area (Å²) < 4.78 is 39.1. The number of carbonyl (C=O) groups is 1. The molecule has 4 rings (SSSR count). The molecule has 1 amide bonds. The van der Waals surface area contributed by atoms with Gasteiger partial charge in [-0.1, -0.05) is 30.3 Å². The summed E-state index contributed by atoms with van der Waals surface area (Å²) in [7, 11) is -3.69. The SMILES string of the molecule is CCOc1ccccc1NC(=O)COc1ccc(S(=O)(=O)N2CCc3ccccc32)cc1C. The lowest BCUT2D eigenvalue weighted by atomic mass is 10.2. The van der Waals surface area contributed by atoms with Crippen LogP contribution >= 0.6 is 0 Å². The minimum atomic E-state index is -3.69. The summed E-state index contributed by atoms with van der Waals surface area (Å²) in [5.74, 6) is 0.693. The molecule has 0 radical (unpaired) electrons. The molecule has 7 nitrogen and oxygen atoms in total. The molecule has 0 unspecified atom stereocenters. The largest absolute Gasteiger partial charge is 0.492 e. The van der Waals surface area contributed by atoms with Gasteiger partial charge in [-0.05, 0) is 67.8 Å². The van der Waals surface area contributed by atoms with Crippen LogP contribution in [-0.4, -0.2) is 34.1 Å². The topological polar surface area (TPSA) is 84.9 Å². The molecule has 0 saturated heterocycles. The molecule has 3 aromatic carbocycles. The van der Waals surface area contributed by atoms with Crippen LogP contribution < -0.4 is 19.1 Å². The number of benzene rings is 3. The van der Waals surface area contributed by atoms with Crippen molar-refractivity contribution < 1.29 is 22.7 Å². The highest BCUT2D eigenvalue weighted by molar-refractivity contribution is 7.92. The van der Waals surface area contributed by atoms with Crippen LogP contribution in [0.3, 0.4) is 0 Å². The van der Waals surface area contributed by atoms with Crippen LogP contribution in [0.5, 0.6) is 11.5 Å². The second kappa shape index (κ2) is 9.54. The number of rotatable bonds is 8. The van der Waals surface area contributed by atoms with Gasteiger partial charge in [-0.25, -0.2) is 8.42 Å². The lowest BCUT2D eigenvalue weighted by molar-refractivity contribution is -0.118. The first-order valence-electron chi connectivity index (χ1n) is 10.8. The molecule has 1 aliphatic heterocycles. The van der Waals surface area contributed by atoms with Gasteiger partial charge >= 0.3 is 0 Å². The first kappa shape index (κ1) is 22.7. The van der Waals surface area contributed by atoms with E-state index in [2.05, 4.69) is 5.32 Å². The molecule has 0 aliphatic carbocycles. The van der Waals surface area contributed by atoms with Crippen molar-refractivity contribution in [3.05, 3.63) is 77.9 Å². The van der Waals surface area contributed by atoms with Gasteiger partial charge in [-0.15, -0.1) is 0 Å². The summed E-state index contributed by atoms with van der Waals surface area (Å²) in [6.07, 6.45) is 0.692. The average molecular weight is 467 g/mol. The zero-order valence-electron chi connectivity index (χ0n) is 18.6. The molecular weight excluding hydrogens is 440 g/mol. The number of ether oxygens (including phenoxy) is 2. The maximum Gasteiger partial charge on any atom is 0.264 e. The van der Waals surface area contributed by atoms with Gasteiger partial charge < -0.3 is 14.8 Å². The zero-order valence-corrected chi connectivity index (χ0v) is 19.4. The first-order valence-corrected chi connectivity index (χ1v) is 12.2. The Labute approximate surface area is 194 Å². The molecule has 33 heavy (non-hydrogen) atoms.